The number of rotatable bonds is 6. The molecule has 0 radical (unpaired) electrons. The van der Waals surface area contributed by atoms with Gasteiger partial charge in [0, 0.05) is 23.3 Å². The molecule has 0 bridgehead atoms. The summed E-state index contributed by atoms with van der Waals surface area (Å²) in [5.74, 6) is 0.900. The Morgan fingerprint density at radius 3 is 2.55 bits per heavy atom. The minimum absolute atomic E-state index is 0.194. The molecule has 2 aromatic rings. The van der Waals surface area contributed by atoms with Gasteiger partial charge in [-0.05, 0) is 50.1 Å². The highest BCUT2D eigenvalue weighted by Gasteiger charge is 1.99. The van der Waals surface area contributed by atoms with Crippen LogP contribution >= 0.6 is 11.6 Å². The zero-order chi connectivity index (χ0) is 14.4. The Bertz CT molecular complexity index is 537. The maximum Gasteiger partial charge on any atom is 0.121 e. The molecule has 1 N–H and O–H groups in total. The second-order valence-electron chi connectivity index (χ2n) is 5.00. The first-order valence-electron chi connectivity index (χ1n) is 6.88. The Hall–Kier alpha value is -1.67. The normalized spacial score (nSPS) is 10.6. The summed E-state index contributed by atoms with van der Waals surface area (Å²) in [6, 6.07) is 16.0. The van der Waals surface area contributed by atoms with Crippen molar-refractivity contribution in [3.8, 4) is 5.75 Å². The van der Waals surface area contributed by atoms with Crippen LogP contribution in [0.25, 0.3) is 0 Å². The average Bonchev–Trinajstić information content (AvgIpc) is 2.41. The number of benzene rings is 2. The Labute approximate surface area is 125 Å². The average molecular weight is 290 g/mol. The van der Waals surface area contributed by atoms with E-state index in [2.05, 4.69) is 23.5 Å². The molecule has 3 heteroatoms. The largest absolute Gasteiger partial charge is 0.491 e. The molecule has 2 nitrogen and oxygen atoms in total. The molecule has 2 aromatic carbocycles. The fraction of sp³-hybridized carbons (Fsp3) is 0.294. The molecule has 0 unspecified atom stereocenters. The van der Waals surface area contributed by atoms with Crippen LogP contribution in [0.4, 0.5) is 5.69 Å². The van der Waals surface area contributed by atoms with Crippen LogP contribution in [0.15, 0.2) is 48.5 Å². The van der Waals surface area contributed by atoms with Gasteiger partial charge >= 0.3 is 0 Å². The molecule has 0 aromatic heterocycles. The van der Waals surface area contributed by atoms with Gasteiger partial charge in [0.2, 0.25) is 0 Å². The van der Waals surface area contributed by atoms with Gasteiger partial charge in [-0.1, -0.05) is 29.8 Å². The predicted molar refractivity (Wildman–Crippen MR) is 85.9 cm³/mol. The second-order valence-corrected chi connectivity index (χ2v) is 5.43. The SMILES string of the molecule is CC(C)Oc1cccc(NCCc2ccc(Cl)cc2)c1. The van der Waals surface area contributed by atoms with Gasteiger partial charge < -0.3 is 10.1 Å². The third-order valence-electron chi connectivity index (χ3n) is 2.86. The molecule has 0 fully saturated rings. The molecule has 0 aliphatic carbocycles. The standard InChI is InChI=1S/C17H20ClNO/c1-13(2)20-17-5-3-4-16(12-17)19-11-10-14-6-8-15(18)9-7-14/h3-9,12-13,19H,10-11H2,1-2H3. The Balaban J connectivity index is 1.86. The van der Waals surface area contributed by atoms with E-state index in [9.17, 15) is 0 Å². The van der Waals surface area contributed by atoms with Crippen molar-refractivity contribution in [1.82, 2.24) is 0 Å². The van der Waals surface area contributed by atoms with E-state index in [0.29, 0.717) is 0 Å². The van der Waals surface area contributed by atoms with Crippen molar-refractivity contribution < 1.29 is 4.74 Å². The van der Waals surface area contributed by atoms with Crippen LogP contribution in [0.5, 0.6) is 5.75 Å². The highest BCUT2D eigenvalue weighted by atomic mass is 35.5. The number of hydrogen-bond donors (Lipinski definition) is 1. The molecular weight excluding hydrogens is 270 g/mol. The lowest BCUT2D eigenvalue weighted by Gasteiger charge is -2.12. The van der Waals surface area contributed by atoms with Crippen LogP contribution in [0.1, 0.15) is 19.4 Å². The highest BCUT2D eigenvalue weighted by molar-refractivity contribution is 6.30. The van der Waals surface area contributed by atoms with Crippen molar-refractivity contribution in [3.63, 3.8) is 0 Å². The van der Waals surface area contributed by atoms with Crippen LogP contribution in [-0.4, -0.2) is 12.6 Å². The Morgan fingerprint density at radius 2 is 1.85 bits per heavy atom. The Kier molecular flexibility index (Phi) is 5.31. The molecule has 20 heavy (non-hydrogen) atoms. The van der Waals surface area contributed by atoms with Gasteiger partial charge in [0.1, 0.15) is 5.75 Å². The van der Waals surface area contributed by atoms with Gasteiger partial charge in [-0.25, -0.2) is 0 Å². The van der Waals surface area contributed by atoms with E-state index < -0.39 is 0 Å². The summed E-state index contributed by atoms with van der Waals surface area (Å²) in [6.45, 7) is 4.94. The smallest absolute Gasteiger partial charge is 0.121 e. The highest BCUT2D eigenvalue weighted by Crippen LogP contribution is 2.18. The summed E-state index contributed by atoms with van der Waals surface area (Å²) in [4.78, 5) is 0. The van der Waals surface area contributed by atoms with Crippen LogP contribution in [0, 0.1) is 0 Å². The predicted octanol–water partition coefficient (Wildman–Crippen LogP) is 4.78. The zero-order valence-electron chi connectivity index (χ0n) is 11.9. The fourth-order valence-corrected chi connectivity index (χ4v) is 2.08. The lowest BCUT2D eigenvalue weighted by atomic mass is 10.1. The van der Waals surface area contributed by atoms with Crippen LogP contribution in [0.3, 0.4) is 0 Å². The molecule has 0 saturated heterocycles. The van der Waals surface area contributed by atoms with E-state index in [1.54, 1.807) is 0 Å². The maximum atomic E-state index is 5.87. The van der Waals surface area contributed by atoms with Gasteiger partial charge in [-0.2, -0.15) is 0 Å². The van der Waals surface area contributed by atoms with Gasteiger partial charge in [0.25, 0.3) is 0 Å². The lowest BCUT2D eigenvalue weighted by Crippen LogP contribution is -2.07. The minimum atomic E-state index is 0.194. The molecule has 0 aliphatic heterocycles. The van der Waals surface area contributed by atoms with Crippen molar-refractivity contribution in [2.24, 2.45) is 0 Å². The zero-order valence-corrected chi connectivity index (χ0v) is 12.7. The fourth-order valence-electron chi connectivity index (χ4n) is 1.95. The molecule has 0 aliphatic rings. The number of anilines is 1. The summed E-state index contributed by atoms with van der Waals surface area (Å²) in [7, 11) is 0. The molecule has 0 amide bonds. The molecular formula is C17H20ClNO. The molecule has 0 heterocycles. The first-order chi connectivity index (χ1) is 9.63. The number of halogens is 1. The van der Waals surface area contributed by atoms with E-state index in [4.69, 9.17) is 16.3 Å². The van der Waals surface area contributed by atoms with Crippen molar-refractivity contribution >= 4 is 17.3 Å². The van der Waals surface area contributed by atoms with Gasteiger partial charge in [-0.3, -0.25) is 0 Å². The summed E-state index contributed by atoms with van der Waals surface area (Å²) in [5.41, 5.74) is 2.36. The van der Waals surface area contributed by atoms with Gasteiger partial charge in [-0.15, -0.1) is 0 Å². The maximum absolute atomic E-state index is 5.87. The number of ether oxygens (including phenoxy) is 1. The summed E-state index contributed by atoms with van der Waals surface area (Å²) in [6.07, 6.45) is 1.16. The number of nitrogens with one attached hydrogen (secondary N) is 1. The van der Waals surface area contributed by atoms with Crippen molar-refractivity contribution in [2.75, 3.05) is 11.9 Å². The summed E-state index contributed by atoms with van der Waals surface area (Å²) in [5, 5.41) is 4.19. The molecule has 0 spiro atoms. The first kappa shape index (κ1) is 14.7. The van der Waals surface area contributed by atoms with Crippen molar-refractivity contribution in [2.45, 2.75) is 26.4 Å². The second kappa shape index (κ2) is 7.20. The summed E-state index contributed by atoms with van der Waals surface area (Å²) >= 11 is 5.87. The van der Waals surface area contributed by atoms with E-state index in [-0.39, 0.29) is 6.10 Å². The van der Waals surface area contributed by atoms with E-state index >= 15 is 0 Å². The minimum Gasteiger partial charge on any atom is -0.491 e. The molecule has 0 atom stereocenters. The van der Waals surface area contributed by atoms with Crippen LogP contribution in [-0.2, 0) is 6.42 Å². The van der Waals surface area contributed by atoms with E-state index in [1.807, 2.05) is 44.2 Å². The monoisotopic (exact) mass is 289 g/mol. The van der Waals surface area contributed by atoms with Crippen molar-refractivity contribution in [3.05, 3.63) is 59.1 Å². The molecule has 106 valence electrons. The van der Waals surface area contributed by atoms with Gasteiger partial charge in [0.15, 0.2) is 0 Å². The van der Waals surface area contributed by atoms with E-state index in [1.165, 1.54) is 5.56 Å². The third kappa shape index (κ3) is 4.78. The molecule has 2 rings (SSSR count). The topological polar surface area (TPSA) is 21.3 Å². The van der Waals surface area contributed by atoms with Crippen LogP contribution < -0.4 is 10.1 Å². The quantitative estimate of drug-likeness (QED) is 0.826. The summed E-state index contributed by atoms with van der Waals surface area (Å²) < 4.78 is 5.68. The van der Waals surface area contributed by atoms with Gasteiger partial charge in [0.05, 0.1) is 6.10 Å². The first-order valence-corrected chi connectivity index (χ1v) is 7.26. The molecule has 0 saturated carbocycles. The Morgan fingerprint density at radius 1 is 1.10 bits per heavy atom. The third-order valence-corrected chi connectivity index (χ3v) is 3.11. The van der Waals surface area contributed by atoms with E-state index in [0.717, 1.165) is 29.4 Å². The van der Waals surface area contributed by atoms with Crippen LogP contribution in [0.2, 0.25) is 5.02 Å². The lowest BCUT2D eigenvalue weighted by molar-refractivity contribution is 0.242. The van der Waals surface area contributed by atoms with Crippen molar-refractivity contribution in [1.29, 1.82) is 0 Å². The number of hydrogen-bond acceptors (Lipinski definition) is 2.